The van der Waals surface area contributed by atoms with E-state index >= 15 is 4.39 Å². The lowest BCUT2D eigenvalue weighted by molar-refractivity contribution is 0.0298. The zero-order valence-electron chi connectivity index (χ0n) is 20.9. The minimum Gasteiger partial charge on any atom is -0.497 e. The molecular formula is C29H35ClF2N2O2. The first-order valence-corrected chi connectivity index (χ1v) is 13.1. The molecule has 1 aromatic heterocycles. The number of aryl methyl sites for hydroxylation is 1. The molecule has 0 radical (unpaired) electrons. The van der Waals surface area contributed by atoms with Crippen molar-refractivity contribution in [2.75, 3.05) is 33.4 Å². The van der Waals surface area contributed by atoms with Crippen LogP contribution < -0.4 is 4.74 Å². The summed E-state index contributed by atoms with van der Waals surface area (Å²) in [6.45, 7) is 2.89. The molecule has 0 amide bonds. The molecule has 1 aliphatic rings. The first-order valence-electron chi connectivity index (χ1n) is 12.8. The maximum Gasteiger partial charge on any atom is 0.127 e. The number of aliphatic hydroxyl groups excluding tert-OH is 1. The van der Waals surface area contributed by atoms with Crippen molar-refractivity contribution in [1.29, 1.82) is 0 Å². The highest BCUT2D eigenvalue weighted by Gasteiger charge is 2.35. The molecule has 2 heterocycles. The van der Waals surface area contributed by atoms with Gasteiger partial charge >= 0.3 is 0 Å². The molecule has 0 spiro atoms. The van der Waals surface area contributed by atoms with Gasteiger partial charge in [-0.1, -0.05) is 23.7 Å². The Hall–Kier alpha value is -2.28. The van der Waals surface area contributed by atoms with E-state index in [2.05, 4.69) is 9.88 Å². The number of pyridine rings is 1. The lowest BCUT2D eigenvalue weighted by Gasteiger charge is -2.41. The van der Waals surface area contributed by atoms with Crippen LogP contribution in [0.2, 0.25) is 5.02 Å². The monoisotopic (exact) mass is 516 g/mol. The van der Waals surface area contributed by atoms with Crippen LogP contribution in [0.5, 0.6) is 5.75 Å². The molecule has 2 aromatic carbocycles. The van der Waals surface area contributed by atoms with Gasteiger partial charge in [-0.15, -0.1) is 0 Å². The molecule has 4 rings (SSSR count). The number of halogens is 3. The molecule has 1 atom stereocenters. The van der Waals surface area contributed by atoms with Gasteiger partial charge < -0.3 is 14.7 Å². The van der Waals surface area contributed by atoms with E-state index in [1.165, 1.54) is 18.3 Å². The quantitative estimate of drug-likeness (QED) is 0.281. The third-order valence-electron chi connectivity index (χ3n) is 7.66. The van der Waals surface area contributed by atoms with Gasteiger partial charge in [0.05, 0.1) is 17.6 Å². The number of rotatable bonds is 11. The number of methoxy groups -OCH3 is 1. The highest BCUT2D eigenvalue weighted by atomic mass is 35.5. The second kappa shape index (κ2) is 12.3. The first-order chi connectivity index (χ1) is 17.4. The van der Waals surface area contributed by atoms with Crippen LogP contribution in [0.4, 0.5) is 8.78 Å². The summed E-state index contributed by atoms with van der Waals surface area (Å²) in [5, 5.41) is 11.2. The fourth-order valence-electron chi connectivity index (χ4n) is 5.24. The second-order valence-corrected chi connectivity index (χ2v) is 10.4. The summed E-state index contributed by atoms with van der Waals surface area (Å²) in [7, 11) is 1.58. The standard InChI is InChI=1S/C29H35ClF2N2O2/c1-36-23-9-10-27-24(18-23)28(25(30)19-33-27)26(32)11-12-29(20-35)13-16-34(17-14-29)15-3-2-4-21-5-7-22(31)8-6-21/h5-10,18-19,26,35H,2-4,11-17,20H2,1H3/t26-/m1/s1. The first kappa shape index (κ1) is 26.8. The summed E-state index contributed by atoms with van der Waals surface area (Å²) in [5.41, 5.74) is 2.03. The van der Waals surface area contributed by atoms with Gasteiger partial charge in [0, 0.05) is 23.8 Å². The summed E-state index contributed by atoms with van der Waals surface area (Å²) in [6, 6.07) is 12.1. The summed E-state index contributed by atoms with van der Waals surface area (Å²) in [4.78, 5) is 6.76. The number of aromatic nitrogens is 1. The van der Waals surface area contributed by atoms with Gasteiger partial charge in [0.1, 0.15) is 17.7 Å². The fourth-order valence-corrected chi connectivity index (χ4v) is 5.51. The van der Waals surface area contributed by atoms with Crippen molar-refractivity contribution in [3.05, 3.63) is 70.6 Å². The molecule has 1 fully saturated rings. The van der Waals surface area contributed by atoms with E-state index in [1.54, 1.807) is 19.2 Å². The van der Waals surface area contributed by atoms with Crippen molar-refractivity contribution < 1.29 is 18.6 Å². The van der Waals surface area contributed by atoms with Crippen LogP contribution in [0.15, 0.2) is 48.7 Å². The predicted octanol–water partition coefficient (Wildman–Crippen LogP) is 6.92. The summed E-state index contributed by atoms with van der Waals surface area (Å²) in [6.07, 6.45) is 5.96. The van der Waals surface area contributed by atoms with Crippen LogP contribution in [-0.4, -0.2) is 48.3 Å². The van der Waals surface area contributed by atoms with E-state index in [0.717, 1.165) is 57.3 Å². The Morgan fingerprint density at radius 1 is 1.14 bits per heavy atom. The molecule has 0 aliphatic carbocycles. The Morgan fingerprint density at radius 3 is 2.58 bits per heavy atom. The fraction of sp³-hybridized carbons (Fsp3) is 0.483. The molecule has 3 aromatic rings. The van der Waals surface area contributed by atoms with Gasteiger partial charge in [-0.2, -0.15) is 0 Å². The van der Waals surface area contributed by atoms with Crippen LogP contribution in [0, 0.1) is 11.2 Å². The van der Waals surface area contributed by atoms with E-state index in [0.29, 0.717) is 40.1 Å². The third kappa shape index (κ3) is 6.53. The molecule has 1 aliphatic heterocycles. The number of aliphatic hydroxyl groups is 1. The Balaban J connectivity index is 1.29. The zero-order chi connectivity index (χ0) is 25.5. The molecule has 4 nitrogen and oxygen atoms in total. The van der Waals surface area contributed by atoms with E-state index in [1.807, 2.05) is 18.2 Å². The molecule has 0 saturated carbocycles. The average Bonchev–Trinajstić information content (AvgIpc) is 2.91. The molecule has 1 N–H and O–H groups in total. The smallest absolute Gasteiger partial charge is 0.127 e. The number of unbranched alkanes of at least 4 members (excludes halogenated alkanes) is 1. The van der Waals surface area contributed by atoms with E-state index in [9.17, 15) is 9.50 Å². The highest BCUT2D eigenvalue weighted by molar-refractivity contribution is 6.32. The van der Waals surface area contributed by atoms with Gasteiger partial charge in [-0.3, -0.25) is 4.98 Å². The molecular weight excluding hydrogens is 482 g/mol. The van der Waals surface area contributed by atoms with Crippen LogP contribution >= 0.6 is 11.6 Å². The Labute approximate surface area is 217 Å². The number of benzene rings is 2. The number of ether oxygens (including phenoxy) is 1. The van der Waals surface area contributed by atoms with Crippen LogP contribution in [0.1, 0.15) is 55.8 Å². The topological polar surface area (TPSA) is 45.6 Å². The molecule has 7 heteroatoms. The Kier molecular flexibility index (Phi) is 9.15. The van der Waals surface area contributed by atoms with Crippen molar-refractivity contribution >= 4 is 22.5 Å². The normalized spacial score (nSPS) is 16.8. The van der Waals surface area contributed by atoms with Gasteiger partial charge in [-0.05, 0) is 106 Å². The molecule has 194 valence electrons. The van der Waals surface area contributed by atoms with Crippen molar-refractivity contribution in [2.45, 2.75) is 51.1 Å². The third-order valence-corrected chi connectivity index (χ3v) is 7.97. The Morgan fingerprint density at radius 2 is 1.89 bits per heavy atom. The maximum atomic E-state index is 15.6. The number of hydrogen-bond acceptors (Lipinski definition) is 4. The van der Waals surface area contributed by atoms with Crippen LogP contribution in [0.25, 0.3) is 10.9 Å². The minimum absolute atomic E-state index is 0.0662. The number of hydrogen-bond donors (Lipinski definition) is 1. The molecule has 0 unspecified atom stereocenters. The number of piperidine rings is 1. The van der Waals surface area contributed by atoms with E-state index < -0.39 is 6.17 Å². The lowest BCUT2D eigenvalue weighted by Crippen LogP contribution is -2.42. The molecule has 1 saturated heterocycles. The average molecular weight is 517 g/mol. The van der Waals surface area contributed by atoms with Crippen LogP contribution in [0.3, 0.4) is 0 Å². The highest BCUT2D eigenvalue weighted by Crippen LogP contribution is 2.41. The summed E-state index contributed by atoms with van der Waals surface area (Å²) >= 11 is 6.39. The number of alkyl halides is 1. The second-order valence-electron chi connectivity index (χ2n) is 9.99. The van der Waals surface area contributed by atoms with Gasteiger partial charge in [0.15, 0.2) is 0 Å². The maximum absolute atomic E-state index is 15.6. The predicted molar refractivity (Wildman–Crippen MR) is 141 cm³/mol. The van der Waals surface area contributed by atoms with Gasteiger partial charge in [0.25, 0.3) is 0 Å². The molecule has 0 bridgehead atoms. The number of fused-ring (bicyclic) bond motifs is 1. The van der Waals surface area contributed by atoms with E-state index in [4.69, 9.17) is 16.3 Å². The van der Waals surface area contributed by atoms with Crippen molar-refractivity contribution in [2.24, 2.45) is 5.41 Å². The number of likely N-dealkylation sites (tertiary alicyclic amines) is 1. The van der Waals surface area contributed by atoms with Crippen LogP contribution in [-0.2, 0) is 6.42 Å². The van der Waals surface area contributed by atoms with Gasteiger partial charge in [0.2, 0.25) is 0 Å². The van der Waals surface area contributed by atoms with Gasteiger partial charge in [-0.25, -0.2) is 8.78 Å². The summed E-state index contributed by atoms with van der Waals surface area (Å²) in [5.74, 6) is 0.438. The van der Waals surface area contributed by atoms with Crippen molar-refractivity contribution in [1.82, 2.24) is 9.88 Å². The SMILES string of the molecule is COc1ccc2ncc(Cl)c([C@H](F)CCC3(CO)CCN(CCCCc4ccc(F)cc4)CC3)c2c1. The Bertz CT molecular complexity index is 1130. The molecule has 36 heavy (non-hydrogen) atoms. The van der Waals surface area contributed by atoms with Crippen molar-refractivity contribution in [3.8, 4) is 5.75 Å². The van der Waals surface area contributed by atoms with Crippen molar-refractivity contribution in [3.63, 3.8) is 0 Å². The summed E-state index contributed by atoms with van der Waals surface area (Å²) < 4.78 is 34.0. The number of nitrogens with zero attached hydrogens (tertiary/aromatic N) is 2. The van der Waals surface area contributed by atoms with E-state index in [-0.39, 0.29) is 17.8 Å². The largest absolute Gasteiger partial charge is 0.497 e. The lowest BCUT2D eigenvalue weighted by atomic mass is 9.74. The zero-order valence-corrected chi connectivity index (χ0v) is 21.6. The minimum atomic E-state index is -1.25.